The van der Waals surface area contributed by atoms with Crippen molar-refractivity contribution in [3.05, 3.63) is 47.1 Å². The molecule has 2 unspecified atom stereocenters. The Kier molecular flexibility index (Phi) is 7.01. The minimum absolute atomic E-state index is 0.00616. The first kappa shape index (κ1) is 21.3. The quantitative estimate of drug-likeness (QED) is 0.454. The number of benzene rings is 1. The molecule has 0 spiro atoms. The maximum absolute atomic E-state index is 10.9. The van der Waals surface area contributed by atoms with Crippen LogP contribution in [0.4, 0.5) is 5.13 Å². The van der Waals surface area contributed by atoms with Crippen LogP contribution < -0.4 is 10.2 Å². The summed E-state index contributed by atoms with van der Waals surface area (Å²) in [5.74, 6) is 0. The summed E-state index contributed by atoms with van der Waals surface area (Å²) in [5.41, 5.74) is 2.35. The van der Waals surface area contributed by atoms with E-state index in [-0.39, 0.29) is 6.04 Å². The van der Waals surface area contributed by atoms with Crippen molar-refractivity contribution in [1.82, 2.24) is 20.2 Å². The molecule has 1 aromatic carbocycles. The third-order valence-corrected chi connectivity index (χ3v) is 6.72. The highest BCUT2D eigenvalue weighted by molar-refractivity contribution is 7.15. The van der Waals surface area contributed by atoms with E-state index >= 15 is 0 Å². The molecule has 1 aliphatic heterocycles. The normalized spacial score (nSPS) is 17.5. The number of para-hydroxylation sites is 1. The van der Waals surface area contributed by atoms with Gasteiger partial charge in [0.25, 0.3) is 0 Å². The Morgan fingerprint density at radius 1 is 1.27 bits per heavy atom. The number of aromatic nitrogens is 2. The van der Waals surface area contributed by atoms with Gasteiger partial charge in [-0.05, 0) is 32.0 Å². The lowest BCUT2D eigenvalue weighted by Crippen LogP contribution is -2.44. The van der Waals surface area contributed by atoms with Gasteiger partial charge in [0.1, 0.15) is 6.23 Å². The Bertz CT molecular complexity index is 934. The van der Waals surface area contributed by atoms with Crippen LogP contribution in [-0.4, -0.2) is 72.5 Å². The molecule has 4 rings (SSSR count). The summed E-state index contributed by atoms with van der Waals surface area (Å²) in [7, 11) is 2.14. The lowest BCUT2D eigenvalue weighted by molar-refractivity contribution is 0.0760. The van der Waals surface area contributed by atoms with Gasteiger partial charge in [-0.1, -0.05) is 29.5 Å². The van der Waals surface area contributed by atoms with Gasteiger partial charge in [0.05, 0.1) is 11.5 Å². The van der Waals surface area contributed by atoms with Crippen molar-refractivity contribution >= 4 is 27.4 Å². The molecule has 0 amide bonds. The number of likely N-dealkylation sites (N-methyl/N-ethyl adjacent to an activating group) is 1. The summed E-state index contributed by atoms with van der Waals surface area (Å²) in [6.07, 6.45) is 3.85. The van der Waals surface area contributed by atoms with Crippen LogP contribution in [0.5, 0.6) is 0 Å². The number of rotatable bonds is 9. The summed E-state index contributed by atoms with van der Waals surface area (Å²) in [6.45, 7) is 7.20. The number of aromatic amines is 1. The first-order valence-electron chi connectivity index (χ1n) is 10.6. The summed E-state index contributed by atoms with van der Waals surface area (Å²) in [5, 5.41) is 16.4. The molecule has 3 N–H and O–H groups in total. The van der Waals surface area contributed by atoms with Gasteiger partial charge in [-0.15, -0.1) is 0 Å². The minimum Gasteiger partial charge on any atom is -0.380 e. The van der Waals surface area contributed by atoms with E-state index in [9.17, 15) is 5.11 Å². The third kappa shape index (κ3) is 5.01. The van der Waals surface area contributed by atoms with Crippen LogP contribution in [0.3, 0.4) is 0 Å². The second kappa shape index (κ2) is 9.89. The maximum atomic E-state index is 10.9. The number of hydrogen-bond acceptors (Lipinski definition) is 7. The predicted octanol–water partition coefficient (Wildman–Crippen LogP) is 2.60. The second-order valence-corrected chi connectivity index (χ2v) is 8.87. The van der Waals surface area contributed by atoms with Gasteiger partial charge in [0, 0.05) is 62.1 Å². The number of H-pyrrole nitrogens is 1. The topological polar surface area (TPSA) is 76.6 Å². The van der Waals surface area contributed by atoms with Crippen molar-refractivity contribution in [3.63, 3.8) is 0 Å². The number of fused-ring (bicyclic) bond motifs is 1. The average Bonchev–Trinajstić information content (AvgIpc) is 3.40. The molecule has 1 saturated heterocycles. The summed E-state index contributed by atoms with van der Waals surface area (Å²) >= 11 is 1.56. The van der Waals surface area contributed by atoms with Gasteiger partial charge in [0.2, 0.25) is 0 Å². The highest BCUT2D eigenvalue weighted by Gasteiger charge is 2.22. The number of anilines is 1. The number of aliphatic hydroxyl groups excluding tert-OH is 1. The number of nitrogens with zero attached hydrogens (tertiary/aromatic N) is 3. The van der Waals surface area contributed by atoms with Crippen molar-refractivity contribution in [2.24, 2.45) is 0 Å². The lowest BCUT2D eigenvalue weighted by atomic mass is 10.1. The van der Waals surface area contributed by atoms with Crippen molar-refractivity contribution in [2.45, 2.75) is 25.6 Å². The molecule has 0 aliphatic carbocycles. The van der Waals surface area contributed by atoms with E-state index < -0.39 is 6.23 Å². The minimum atomic E-state index is -0.764. The number of hydrogen-bond donors (Lipinski definition) is 3. The Labute approximate surface area is 181 Å². The van der Waals surface area contributed by atoms with E-state index in [0.717, 1.165) is 48.1 Å². The standard InChI is InChI=1S/C22H31N5O2S/c1-3-29-15-17(12-16-13-23-19-7-5-4-6-18(16)19)25-21(28)20-14-24-22(30-20)27-10-8-26(2)9-11-27/h4-7,13-14,17,21,23,25,28H,3,8-12,15H2,1-2H3. The molecule has 3 heterocycles. The molecular formula is C22H31N5O2S. The van der Waals surface area contributed by atoms with Crippen LogP contribution in [-0.2, 0) is 11.2 Å². The number of nitrogens with one attached hydrogen (secondary N) is 2. The van der Waals surface area contributed by atoms with E-state index in [1.165, 1.54) is 10.9 Å². The molecule has 7 nitrogen and oxygen atoms in total. The molecule has 3 aromatic rings. The van der Waals surface area contributed by atoms with Crippen LogP contribution in [0.1, 0.15) is 23.6 Å². The molecule has 2 atom stereocenters. The zero-order valence-corrected chi connectivity index (χ0v) is 18.5. The molecule has 1 fully saturated rings. The second-order valence-electron chi connectivity index (χ2n) is 7.82. The largest absolute Gasteiger partial charge is 0.380 e. The average molecular weight is 430 g/mol. The molecule has 162 valence electrons. The van der Waals surface area contributed by atoms with E-state index in [2.05, 4.69) is 56.5 Å². The molecule has 1 aliphatic rings. The van der Waals surface area contributed by atoms with Crippen LogP contribution in [0.2, 0.25) is 0 Å². The number of thiazole rings is 1. The summed E-state index contributed by atoms with van der Waals surface area (Å²) in [4.78, 5) is 13.3. The fourth-order valence-electron chi connectivity index (χ4n) is 3.84. The predicted molar refractivity (Wildman–Crippen MR) is 122 cm³/mol. The molecule has 30 heavy (non-hydrogen) atoms. The van der Waals surface area contributed by atoms with Gasteiger partial charge in [-0.3, -0.25) is 5.32 Å². The van der Waals surface area contributed by atoms with Crippen LogP contribution in [0.15, 0.2) is 36.7 Å². The highest BCUT2D eigenvalue weighted by Crippen LogP contribution is 2.28. The van der Waals surface area contributed by atoms with Crippen LogP contribution >= 0.6 is 11.3 Å². The van der Waals surface area contributed by atoms with E-state index in [4.69, 9.17) is 4.74 Å². The van der Waals surface area contributed by atoms with Crippen molar-refractivity contribution in [1.29, 1.82) is 0 Å². The van der Waals surface area contributed by atoms with Crippen molar-refractivity contribution in [3.8, 4) is 0 Å². The summed E-state index contributed by atoms with van der Waals surface area (Å²) < 4.78 is 5.69. The maximum Gasteiger partial charge on any atom is 0.185 e. The van der Waals surface area contributed by atoms with Crippen LogP contribution in [0.25, 0.3) is 10.9 Å². The highest BCUT2D eigenvalue weighted by atomic mass is 32.1. The van der Waals surface area contributed by atoms with E-state index in [1.807, 2.05) is 13.0 Å². The molecule has 8 heteroatoms. The number of piperazine rings is 1. The molecule has 0 bridgehead atoms. The lowest BCUT2D eigenvalue weighted by Gasteiger charge is -2.32. The first-order valence-corrected chi connectivity index (χ1v) is 11.4. The Balaban J connectivity index is 1.42. The third-order valence-electron chi connectivity index (χ3n) is 5.61. The smallest absolute Gasteiger partial charge is 0.185 e. The first-order chi connectivity index (χ1) is 14.6. The molecule has 0 saturated carbocycles. The summed E-state index contributed by atoms with van der Waals surface area (Å²) in [6, 6.07) is 8.28. The number of aliphatic hydroxyl groups is 1. The van der Waals surface area contributed by atoms with Crippen LogP contribution in [0, 0.1) is 0 Å². The van der Waals surface area contributed by atoms with Crippen molar-refractivity contribution in [2.75, 3.05) is 51.3 Å². The monoisotopic (exact) mass is 429 g/mol. The van der Waals surface area contributed by atoms with Gasteiger partial charge in [-0.2, -0.15) is 0 Å². The Morgan fingerprint density at radius 3 is 2.87 bits per heavy atom. The number of ether oxygens (including phenoxy) is 1. The Morgan fingerprint density at radius 2 is 2.07 bits per heavy atom. The van der Waals surface area contributed by atoms with E-state index in [1.54, 1.807) is 17.5 Å². The fourth-order valence-corrected chi connectivity index (χ4v) is 4.76. The zero-order chi connectivity index (χ0) is 20.9. The van der Waals surface area contributed by atoms with Gasteiger partial charge in [-0.25, -0.2) is 4.98 Å². The van der Waals surface area contributed by atoms with Gasteiger partial charge in [0.15, 0.2) is 5.13 Å². The molecule has 0 radical (unpaired) electrons. The SMILES string of the molecule is CCOCC(Cc1c[nH]c2ccccc12)NC(O)c1cnc(N2CCN(C)CC2)s1. The Hall–Kier alpha value is -1.97. The molecule has 2 aromatic heterocycles. The van der Waals surface area contributed by atoms with Crippen molar-refractivity contribution < 1.29 is 9.84 Å². The van der Waals surface area contributed by atoms with E-state index in [0.29, 0.717) is 13.2 Å². The molecular weight excluding hydrogens is 398 g/mol. The zero-order valence-electron chi connectivity index (χ0n) is 17.7. The van der Waals surface area contributed by atoms with Gasteiger partial charge < -0.3 is 24.6 Å². The van der Waals surface area contributed by atoms with Gasteiger partial charge >= 0.3 is 0 Å². The fraction of sp³-hybridized carbons (Fsp3) is 0.500.